The van der Waals surface area contributed by atoms with Crippen molar-refractivity contribution in [2.45, 2.75) is 32.4 Å². The Bertz CT molecular complexity index is 867. The molecule has 0 aromatic heterocycles. The zero-order valence-electron chi connectivity index (χ0n) is 16.8. The molecular weight excluding hydrogens is 374 g/mol. The second-order valence-corrected chi connectivity index (χ2v) is 6.47. The Kier molecular flexibility index (Phi) is 7.70. The minimum Gasteiger partial charge on any atom is -0.497 e. The number of para-hydroxylation sites is 1. The van der Waals surface area contributed by atoms with Crippen molar-refractivity contribution in [1.29, 1.82) is 0 Å². The van der Waals surface area contributed by atoms with Gasteiger partial charge in [0.25, 0.3) is 5.69 Å². The van der Waals surface area contributed by atoms with E-state index in [9.17, 15) is 19.7 Å². The molecule has 0 fully saturated rings. The quantitative estimate of drug-likeness (QED) is 0.516. The first kappa shape index (κ1) is 21.9. The lowest BCUT2D eigenvalue weighted by atomic mass is 10.1. The van der Waals surface area contributed by atoms with Crippen LogP contribution in [-0.4, -0.2) is 41.8 Å². The van der Waals surface area contributed by atoms with Gasteiger partial charge in [-0.25, -0.2) is 0 Å². The van der Waals surface area contributed by atoms with Gasteiger partial charge in [0, 0.05) is 25.2 Å². The number of benzene rings is 2. The predicted octanol–water partition coefficient (Wildman–Crippen LogP) is 2.70. The zero-order chi connectivity index (χ0) is 21.4. The molecule has 2 aromatic rings. The lowest BCUT2D eigenvalue weighted by Gasteiger charge is -2.30. The Morgan fingerprint density at radius 1 is 1.17 bits per heavy atom. The third-order valence-corrected chi connectivity index (χ3v) is 4.67. The van der Waals surface area contributed by atoms with Gasteiger partial charge >= 0.3 is 0 Å². The summed E-state index contributed by atoms with van der Waals surface area (Å²) < 4.78 is 5.15. The summed E-state index contributed by atoms with van der Waals surface area (Å²) in [5, 5.41) is 13.9. The number of likely N-dealkylation sites (N-methyl/N-ethyl adjacent to an activating group) is 1. The third kappa shape index (κ3) is 5.54. The van der Waals surface area contributed by atoms with E-state index in [0.717, 1.165) is 5.56 Å². The summed E-state index contributed by atoms with van der Waals surface area (Å²) in [7, 11) is 3.08. The summed E-state index contributed by atoms with van der Waals surface area (Å²) in [5.41, 5.74) is 1.02. The molecule has 0 aliphatic rings. The van der Waals surface area contributed by atoms with Crippen LogP contribution in [0.15, 0.2) is 48.5 Å². The van der Waals surface area contributed by atoms with Crippen LogP contribution >= 0.6 is 0 Å². The van der Waals surface area contributed by atoms with E-state index in [1.807, 2.05) is 19.1 Å². The van der Waals surface area contributed by atoms with Crippen molar-refractivity contribution in [2.75, 3.05) is 14.2 Å². The number of ether oxygens (including phenoxy) is 1. The number of carbonyl (C=O) groups excluding carboxylic acids is 2. The molecule has 0 radical (unpaired) electrons. The van der Waals surface area contributed by atoms with Gasteiger partial charge in [-0.2, -0.15) is 0 Å². The van der Waals surface area contributed by atoms with E-state index in [4.69, 9.17) is 4.74 Å². The predicted molar refractivity (Wildman–Crippen MR) is 108 cm³/mol. The molecule has 154 valence electrons. The molecule has 8 heteroatoms. The van der Waals surface area contributed by atoms with Crippen LogP contribution in [0.2, 0.25) is 0 Å². The van der Waals surface area contributed by atoms with E-state index in [0.29, 0.717) is 17.7 Å². The number of methoxy groups -OCH3 is 1. The second kappa shape index (κ2) is 10.2. The van der Waals surface area contributed by atoms with Crippen molar-refractivity contribution in [2.24, 2.45) is 0 Å². The average Bonchev–Trinajstić information content (AvgIpc) is 2.73. The van der Waals surface area contributed by atoms with Crippen molar-refractivity contribution >= 4 is 17.5 Å². The molecule has 29 heavy (non-hydrogen) atoms. The molecule has 0 aliphatic carbocycles. The van der Waals surface area contributed by atoms with E-state index in [1.54, 1.807) is 37.4 Å². The number of amides is 2. The van der Waals surface area contributed by atoms with Crippen molar-refractivity contribution < 1.29 is 19.2 Å². The lowest BCUT2D eigenvalue weighted by Crippen LogP contribution is -2.48. The smallest absolute Gasteiger partial charge is 0.273 e. The fourth-order valence-electron chi connectivity index (χ4n) is 3.12. The summed E-state index contributed by atoms with van der Waals surface area (Å²) >= 11 is 0. The molecule has 0 saturated heterocycles. The summed E-state index contributed by atoms with van der Waals surface area (Å²) in [6.45, 7) is 2.02. The Morgan fingerprint density at radius 2 is 1.83 bits per heavy atom. The molecule has 0 unspecified atom stereocenters. The SMILES string of the molecule is CC[C@H](C(=O)NC)N(Cc1ccc(OC)cc1)C(=O)Cc1ccccc1[N+](=O)[O-]. The maximum atomic E-state index is 13.1. The molecule has 0 aliphatic heterocycles. The van der Waals surface area contributed by atoms with Gasteiger partial charge in [-0.3, -0.25) is 19.7 Å². The zero-order valence-corrected chi connectivity index (χ0v) is 16.8. The van der Waals surface area contributed by atoms with Crippen molar-refractivity contribution in [3.63, 3.8) is 0 Å². The van der Waals surface area contributed by atoms with E-state index in [1.165, 1.54) is 18.0 Å². The molecule has 0 spiro atoms. The summed E-state index contributed by atoms with van der Waals surface area (Å²) in [6.07, 6.45) is 0.249. The van der Waals surface area contributed by atoms with Gasteiger partial charge in [0.2, 0.25) is 11.8 Å². The van der Waals surface area contributed by atoms with Gasteiger partial charge in [-0.1, -0.05) is 37.3 Å². The van der Waals surface area contributed by atoms with E-state index < -0.39 is 11.0 Å². The van der Waals surface area contributed by atoms with Crippen LogP contribution in [0.25, 0.3) is 0 Å². The molecule has 2 amide bonds. The summed E-state index contributed by atoms with van der Waals surface area (Å²) in [4.78, 5) is 37.7. The van der Waals surface area contributed by atoms with Gasteiger partial charge in [-0.05, 0) is 24.1 Å². The molecule has 1 atom stereocenters. The van der Waals surface area contributed by atoms with Crippen LogP contribution in [0, 0.1) is 10.1 Å². The fraction of sp³-hybridized carbons (Fsp3) is 0.333. The Labute approximate surface area is 169 Å². The van der Waals surface area contributed by atoms with Gasteiger partial charge < -0.3 is 15.0 Å². The first-order valence-electron chi connectivity index (χ1n) is 9.27. The normalized spacial score (nSPS) is 11.4. The van der Waals surface area contributed by atoms with E-state index in [-0.39, 0.29) is 30.5 Å². The van der Waals surface area contributed by atoms with Crippen LogP contribution in [0.4, 0.5) is 5.69 Å². The molecular formula is C21H25N3O5. The number of nitrogens with one attached hydrogen (secondary N) is 1. The van der Waals surface area contributed by atoms with Crippen molar-refractivity contribution in [1.82, 2.24) is 10.2 Å². The largest absolute Gasteiger partial charge is 0.497 e. The highest BCUT2D eigenvalue weighted by Gasteiger charge is 2.29. The standard InChI is InChI=1S/C21H25N3O5/c1-4-18(21(26)22-2)23(14-15-9-11-17(29-3)12-10-15)20(25)13-16-7-5-6-8-19(16)24(27)28/h5-12,18H,4,13-14H2,1-3H3,(H,22,26)/t18-/m1/s1. The maximum absolute atomic E-state index is 13.1. The lowest BCUT2D eigenvalue weighted by molar-refractivity contribution is -0.385. The Morgan fingerprint density at radius 3 is 2.38 bits per heavy atom. The molecule has 2 aromatic carbocycles. The molecule has 0 heterocycles. The van der Waals surface area contributed by atoms with E-state index in [2.05, 4.69) is 5.32 Å². The van der Waals surface area contributed by atoms with Crippen LogP contribution in [0.3, 0.4) is 0 Å². The maximum Gasteiger partial charge on any atom is 0.273 e. The minimum atomic E-state index is -0.683. The molecule has 2 rings (SSSR count). The van der Waals surface area contributed by atoms with Crippen LogP contribution < -0.4 is 10.1 Å². The highest BCUT2D eigenvalue weighted by molar-refractivity contribution is 5.88. The monoisotopic (exact) mass is 399 g/mol. The molecule has 0 bridgehead atoms. The first-order valence-corrected chi connectivity index (χ1v) is 9.27. The third-order valence-electron chi connectivity index (χ3n) is 4.67. The molecule has 0 saturated carbocycles. The number of nitro groups is 1. The number of nitro benzene ring substituents is 1. The first-order chi connectivity index (χ1) is 13.9. The fourth-order valence-corrected chi connectivity index (χ4v) is 3.12. The summed E-state index contributed by atoms with van der Waals surface area (Å²) in [6, 6.07) is 12.6. The molecule has 8 nitrogen and oxygen atoms in total. The number of rotatable bonds is 9. The number of carbonyl (C=O) groups is 2. The van der Waals surface area contributed by atoms with Gasteiger partial charge in [0.1, 0.15) is 11.8 Å². The minimum absolute atomic E-state index is 0.113. The topological polar surface area (TPSA) is 102 Å². The van der Waals surface area contributed by atoms with Gasteiger partial charge in [0.05, 0.1) is 18.5 Å². The van der Waals surface area contributed by atoms with Crippen molar-refractivity contribution in [3.05, 3.63) is 69.8 Å². The summed E-state index contributed by atoms with van der Waals surface area (Å²) in [5.74, 6) is 0.0485. The highest BCUT2D eigenvalue weighted by Crippen LogP contribution is 2.21. The number of nitrogens with zero attached hydrogens (tertiary/aromatic N) is 2. The van der Waals surface area contributed by atoms with E-state index >= 15 is 0 Å². The van der Waals surface area contributed by atoms with Gasteiger partial charge in [-0.15, -0.1) is 0 Å². The second-order valence-electron chi connectivity index (χ2n) is 6.47. The Hall–Kier alpha value is -3.42. The van der Waals surface area contributed by atoms with Gasteiger partial charge in [0.15, 0.2) is 0 Å². The van der Waals surface area contributed by atoms with Crippen LogP contribution in [-0.2, 0) is 22.6 Å². The highest BCUT2D eigenvalue weighted by atomic mass is 16.6. The van der Waals surface area contributed by atoms with Crippen LogP contribution in [0.1, 0.15) is 24.5 Å². The van der Waals surface area contributed by atoms with Crippen LogP contribution in [0.5, 0.6) is 5.75 Å². The average molecular weight is 399 g/mol. The number of hydrogen-bond acceptors (Lipinski definition) is 5. The Balaban J connectivity index is 2.33. The number of hydrogen-bond donors (Lipinski definition) is 1. The van der Waals surface area contributed by atoms with Crippen molar-refractivity contribution in [3.8, 4) is 5.75 Å². The molecule has 1 N–H and O–H groups in total.